The Balaban J connectivity index is 3.33. The number of carbonyl (C=O) groups excluding carboxylic acids is 3. The van der Waals surface area contributed by atoms with E-state index in [4.69, 9.17) is 0 Å². The van der Waals surface area contributed by atoms with E-state index in [2.05, 4.69) is 10.6 Å². The molecule has 5 heteroatoms. The van der Waals surface area contributed by atoms with Crippen LogP contribution >= 0.6 is 0 Å². The van der Waals surface area contributed by atoms with E-state index in [9.17, 15) is 14.4 Å². The predicted octanol–water partition coefficient (Wildman–Crippen LogP) is 0.608. The number of hydrogen-bond acceptors (Lipinski definition) is 3. The summed E-state index contributed by atoms with van der Waals surface area (Å²) in [5, 5.41) is 4.90. The molecule has 5 nitrogen and oxygen atoms in total. The molecular formula is C12H14N2O3. The smallest absolute Gasteiger partial charge is 0.251 e. The zero-order chi connectivity index (χ0) is 13.0. The lowest BCUT2D eigenvalue weighted by Crippen LogP contribution is -2.22. The molecule has 0 spiro atoms. The molecule has 2 amide bonds. The number of carbonyl (C=O) groups is 3. The van der Waals surface area contributed by atoms with Gasteiger partial charge in [0.2, 0.25) is 0 Å². The van der Waals surface area contributed by atoms with Crippen LogP contribution in [-0.2, 0) is 0 Å². The Hall–Kier alpha value is -2.17. The largest absolute Gasteiger partial charge is 0.355 e. The first kappa shape index (κ1) is 12.9. The van der Waals surface area contributed by atoms with Gasteiger partial charge in [-0.25, -0.2) is 0 Å². The van der Waals surface area contributed by atoms with Crippen molar-refractivity contribution < 1.29 is 14.4 Å². The summed E-state index contributed by atoms with van der Waals surface area (Å²) in [6.45, 7) is 1.39. The van der Waals surface area contributed by atoms with Gasteiger partial charge < -0.3 is 10.6 Å². The number of Topliss-reactive ketones (excluding diaryl/α,β-unsaturated/α-hetero) is 1. The number of benzene rings is 1. The normalized spacial score (nSPS) is 9.59. The highest BCUT2D eigenvalue weighted by atomic mass is 16.2. The molecule has 0 radical (unpaired) electrons. The minimum Gasteiger partial charge on any atom is -0.355 e. The highest BCUT2D eigenvalue weighted by Crippen LogP contribution is 2.11. The van der Waals surface area contributed by atoms with Crippen molar-refractivity contribution in [3.63, 3.8) is 0 Å². The molecule has 0 aliphatic rings. The molecule has 0 heterocycles. The lowest BCUT2D eigenvalue weighted by molar-refractivity contribution is 0.0962. The van der Waals surface area contributed by atoms with E-state index in [0.717, 1.165) is 0 Å². The van der Waals surface area contributed by atoms with E-state index in [-0.39, 0.29) is 17.6 Å². The maximum absolute atomic E-state index is 11.5. The first-order valence-corrected chi connectivity index (χ1v) is 5.09. The Morgan fingerprint density at radius 1 is 0.824 bits per heavy atom. The van der Waals surface area contributed by atoms with Gasteiger partial charge in [0.1, 0.15) is 0 Å². The van der Waals surface area contributed by atoms with Gasteiger partial charge in [-0.2, -0.15) is 0 Å². The first-order valence-electron chi connectivity index (χ1n) is 5.09. The van der Waals surface area contributed by atoms with Crippen molar-refractivity contribution in [1.82, 2.24) is 10.6 Å². The molecule has 1 rings (SSSR count). The van der Waals surface area contributed by atoms with Gasteiger partial charge in [-0.1, -0.05) is 0 Å². The van der Waals surface area contributed by atoms with Crippen LogP contribution in [0, 0.1) is 0 Å². The maximum Gasteiger partial charge on any atom is 0.251 e. The summed E-state index contributed by atoms with van der Waals surface area (Å²) in [5.74, 6) is -0.864. The Morgan fingerprint density at radius 2 is 1.18 bits per heavy atom. The van der Waals surface area contributed by atoms with Crippen LogP contribution in [0.15, 0.2) is 18.2 Å². The van der Waals surface area contributed by atoms with Gasteiger partial charge in [-0.3, -0.25) is 14.4 Å². The molecule has 17 heavy (non-hydrogen) atoms. The molecule has 0 saturated heterocycles. The van der Waals surface area contributed by atoms with Crippen molar-refractivity contribution in [2.75, 3.05) is 14.1 Å². The van der Waals surface area contributed by atoms with Crippen LogP contribution in [0.25, 0.3) is 0 Å². The molecule has 1 aromatic carbocycles. The number of nitrogens with one attached hydrogen (secondary N) is 2. The molecule has 1 aromatic rings. The Labute approximate surface area is 99.2 Å². The second-order valence-corrected chi connectivity index (χ2v) is 3.51. The van der Waals surface area contributed by atoms with E-state index in [0.29, 0.717) is 16.7 Å². The number of ketones is 1. The van der Waals surface area contributed by atoms with E-state index in [1.165, 1.54) is 39.2 Å². The van der Waals surface area contributed by atoms with Crippen molar-refractivity contribution in [2.45, 2.75) is 6.92 Å². The fourth-order valence-electron chi connectivity index (χ4n) is 1.38. The maximum atomic E-state index is 11.5. The summed E-state index contributed by atoms with van der Waals surface area (Å²) in [6.07, 6.45) is 0. The average Bonchev–Trinajstić information content (AvgIpc) is 2.36. The van der Waals surface area contributed by atoms with E-state index >= 15 is 0 Å². The second-order valence-electron chi connectivity index (χ2n) is 3.51. The average molecular weight is 234 g/mol. The minimum atomic E-state index is -0.335. The van der Waals surface area contributed by atoms with Crippen molar-refractivity contribution in [3.05, 3.63) is 34.9 Å². The molecule has 0 fully saturated rings. The van der Waals surface area contributed by atoms with Crippen LogP contribution in [0.4, 0.5) is 0 Å². The van der Waals surface area contributed by atoms with Crippen molar-refractivity contribution >= 4 is 17.6 Å². The number of amides is 2. The van der Waals surface area contributed by atoms with Crippen molar-refractivity contribution in [3.8, 4) is 0 Å². The molecule has 0 atom stereocenters. The van der Waals surface area contributed by atoms with Gasteiger partial charge in [0.05, 0.1) is 0 Å². The van der Waals surface area contributed by atoms with Crippen LogP contribution in [0.2, 0.25) is 0 Å². The fourth-order valence-corrected chi connectivity index (χ4v) is 1.38. The van der Waals surface area contributed by atoms with E-state index in [1.807, 2.05) is 0 Å². The molecule has 0 saturated carbocycles. The lowest BCUT2D eigenvalue weighted by Gasteiger charge is -2.06. The van der Waals surface area contributed by atoms with Crippen LogP contribution in [0.1, 0.15) is 38.0 Å². The lowest BCUT2D eigenvalue weighted by atomic mass is 10.0. The Bertz CT molecular complexity index is 446. The topological polar surface area (TPSA) is 75.3 Å². The summed E-state index contributed by atoms with van der Waals surface area (Å²) in [7, 11) is 2.98. The molecule has 90 valence electrons. The molecule has 0 aliphatic carbocycles. The monoisotopic (exact) mass is 234 g/mol. The third-order valence-electron chi connectivity index (χ3n) is 2.32. The van der Waals surface area contributed by atoms with Gasteiger partial charge in [-0.05, 0) is 25.1 Å². The molecule has 2 N–H and O–H groups in total. The third kappa shape index (κ3) is 2.90. The molecule has 0 bridgehead atoms. The van der Waals surface area contributed by atoms with Gasteiger partial charge in [0, 0.05) is 30.8 Å². The zero-order valence-corrected chi connectivity index (χ0v) is 9.96. The molecule has 0 unspecified atom stereocenters. The summed E-state index contributed by atoms with van der Waals surface area (Å²) in [6, 6.07) is 4.38. The fraction of sp³-hybridized carbons (Fsp3) is 0.250. The molecule has 0 aromatic heterocycles. The number of hydrogen-bond donors (Lipinski definition) is 2. The highest BCUT2D eigenvalue weighted by Gasteiger charge is 2.12. The Kier molecular flexibility index (Phi) is 3.98. The number of rotatable bonds is 3. The highest BCUT2D eigenvalue weighted by molar-refractivity contribution is 6.04. The Morgan fingerprint density at radius 3 is 1.47 bits per heavy atom. The third-order valence-corrected chi connectivity index (χ3v) is 2.32. The summed E-state index contributed by atoms with van der Waals surface area (Å²) < 4.78 is 0. The van der Waals surface area contributed by atoms with Crippen molar-refractivity contribution in [2.24, 2.45) is 0 Å². The van der Waals surface area contributed by atoms with Gasteiger partial charge >= 0.3 is 0 Å². The van der Waals surface area contributed by atoms with Crippen LogP contribution < -0.4 is 10.6 Å². The van der Waals surface area contributed by atoms with E-state index < -0.39 is 0 Å². The van der Waals surface area contributed by atoms with Gasteiger partial charge in [0.25, 0.3) is 11.8 Å². The summed E-state index contributed by atoms with van der Waals surface area (Å²) in [5.41, 5.74) is 0.919. The van der Waals surface area contributed by atoms with Gasteiger partial charge in [-0.15, -0.1) is 0 Å². The zero-order valence-electron chi connectivity index (χ0n) is 9.96. The minimum absolute atomic E-state index is 0.194. The quantitative estimate of drug-likeness (QED) is 0.752. The first-order chi connectivity index (χ1) is 7.99. The van der Waals surface area contributed by atoms with Crippen LogP contribution in [0.5, 0.6) is 0 Å². The van der Waals surface area contributed by atoms with Gasteiger partial charge in [0.15, 0.2) is 5.78 Å². The van der Waals surface area contributed by atoms with Crippen LogP contribution in [0.3, 0.4) is 0 Å². The predicted molar refractivity (Wildman–Crippen MR) is 63.2 cm³/mol. The SMILES string of the molecule is CNC(=O)c1cc(C(C)=O)cc(C(=O)NC)c1. The van der Waals surface area contributed by atoms with Crippen molar-refractivity contribution in [1.29, 1.82) is 0 Å². The molecular weight excluding hydrogens is 220 g/mol. The summed E-state index contributed by atoms with van der Waals surface area (Å²) in [4.78, 5) is 34.3. The van der Waals surface area contributed by atoms with Crippen LogP contribution in [-0.4, -0.2) is 31.7 Å². The standard InChI is InChI=1S/C12H14N2O3/c1-7(15)8-4-9(11(16)13-2)6-10(5-8)12(17)14-3/h4-6H,1-3H3,(H,13,16)(H,14,17). The van der Waals surface area contributed by atoms with E-state index in [1.54, 1.807) is 0 Å². The summed E-state index contributed by atoms with van der Waals surface area (Å²) >= 11 is 0. The second kappa shape index (κ2) is 5.25. The molecule has 0 aliphatic heterocycles.